The summed E-state index contributed by atoms with van der Waals surface area (Å²) in [5.41, 5.74) is 0. The van der Waals surface area contributed by atoms with Crippen LogP contribution in [0.25, 0.3) is 0 Å². The monoisotopic (exact) mass is 323 g/mol. The van der Waals surface area contributed by atoms with Gasteiger partial charge in [-0.3, -0.25) is 0 Å². The van der Waals surface area contributed by atoms with Gasteiger partial charge in [0.1, 0.15) is 5.94 Å². The molecule has 0 fully saturated rings. The van der Waals surface area contributed by atoms with Gasteiger partial charge in [0, 0.05) is 0 Å². The number of rotatable bonds is 19. The van der Waals surface area contributed by atoms with Crippen LogP contribution in [0.2, 0.25) is 0 Å². The first-order chi connectivity index (χ1) is 11.4. The van der Waals surface area contributed by atoms with E-state index in [0.717, 1.165) is 12.8 Å². The van der Waals surface area contributed by atoms with Crippen LogP contribution in [-0.4, -0.2) is 19.0 Å². The van der Waals surface area contributed by atoms with Crippen LogP contribution < -0.4 is 5.32 Å². The maximum absolute atomic E-state index is 10.0. The summed E-state index contributed by atoms with van der Waals surface area (Å²) >= 11 is 0. The van der Waals surface area contributed by atoms with Gasteiger partial charge in [0.05, 0.1) is 0 Å². The van der Waals surface area contributed by atoms with Gasteiger partial charge in [-0.15, -0.1) is 0 Å². The first-order valence-electron chi connectivity index (χ1n) is 10.3. The molecule has 0 aromatic heterocycles. The van der Waals surface area contributed by atoms with Crippen LogP contribution in [0.3, 0.4) is 0 Å². The second-order valence-corrected chi connectivity index (χ2v) is 6.81. The third kappa shape index (κ3) is 21.4. The van der Waals surface area contributed by atoms with Gasteiger partial charge in [0.25, 0.3) is 0 Å². The molecular formula is C21H41NO. The Balaban J connectivity index is 2.96. The molecule has 0 aliphatic heterocycles. The van der Waals surface area contributed by atoms with E-state index in [1.54, 1.807) is 6.08 Å². The Morgan fingerprint density at radius 2 is 1.09 bits per heavy atom. The molecule has 0 aliphatic carbocycles. The van der Waals surface area contributed by atoms with E-state index in [2.05, 4.69) is 12.2 Å². The minimum Gasteiger partial charge on any atom is -0.317 e. The van der Waals surface area contributed by atoms with Crippen molar-refractivity contribution >= 4 is 5.94 Å². The molecule has 0 aliphatic rings. The van der Waals surface area contributed by atoms with Crippen molar-refractivity contribution in [1.82, 2.24) is 5.32 Å². The maximum Gasteiger partial charge on any atom is 0.120 e. The van der Waals surface area contributed by atoms with Gasteiger partial charge in [-0.2, -0.15) is 0 Å². The highest BCUT2D eigenvalue weighted by atomic mass is 16.1. The van der Waals surface area contributed by atoms with Crippen LogP contribution in [0.5, 0.6) is 0 Å². The molecule has 0 rings (SSSR count). The van der Waals surface area contributed by atoms with Gasteiger partial charge in [0.15, 0.2) is 0 Å². The highest BCUT2D eigenvalue weighted by Crippen LogP contribution is 2.09. The van der Waals surface area contributed by atoms with Crippen LogP contribution in [0.1, 0.15) is 110 Å². The molecule has 0 unspecified atom stereocenters. The van der Waals surface area contributed by atoms with Crippen molar-refractivity contribution in [3.63, 3.8) is 0 Å². The molecule has 0 saturated heterocycles. The fraction of sp³-hybridized carbons (Fsp3) is 0.905. The van der Waals surface area contributed by atoms with Gasteiger partial charge in [-0.1, -0.05) is 84.0 Å². The second-order valence-electron chi connectivity index (χ2n) is 6.81. The zero-order valence-electron chi connectivity index (χ0n) is 15.7. The van der Waals surface area contributed by atoms with E-state index in [4.69, 9.17) is 0 Å². The molecular weight excluding hydrogens is 282 g/mol. The number of carbonyl (C=O) groups excluding carboxylic acids is 1. The van der Waals surface area contributed by atoms with Gasteiger partial charge in [0.2, 0.25) is 0 Å². The molecule has 0 heterocycles. The summed E-state index contributed by atoms with van der Waals surface area (Å²) in [5.74, 6) is 1.84. The van der Waals surface area contributed by atoms with Crippen LogP contribution >= 0.6 is 0 Å². The molecule has 0 radical (unpaired) electrons. The van der Waals surface area contributed by atoms with Crippen molar-refractivity contribution < 1.29 is 4.79 Å². The SMILES string of the molecule is CCCCCCCCCCNCCCCCCCCCC=C=O. The van der Waals surface area contributed by atoms with E-state index in [9.17, 15) is 4.79 Å². The first-order valence-corrected chi connectivity index (χ1v) is 10.3. The molecule has 0 aromatic rings. The fourth-order valence-corrected chi connectivity index (χ4v) is 2.95. The van der Waals surface area contributed by atoms with Gasteiger partial charge >= 0.3 is 0 Å². The predicted molar refractivity (Wildman–Crippen MR) is 103 cm³/mol. The molecule has 1 N–H and O–H groups in total. The molecule has 136 valence electrons. The number of unbranched alkanes of at least 4 members (excludes halogenated alkanes) is 14. The second kappa shape index (κ2) is 21.4. The standard InChI is InChI=1S/C21H41NO/c1-2-3-4-5-6-10-13-16-19-22-20-17-14-11-8-7-9-12-15-18-21-23/h18,22H,2-17,19-20H2,1H3. The van der Waals surface area contributed by atoms with E-state index < -0.39 is 0 Å². The fourth-order valence-electron chi connectivity index (χ4n) is 2.95. The van der Waals surface area contributed by atoms with Gasteiger partial charge in [-0.05, 0) is 44.8 Å². The van der Waals surface area contributed by atoms with Crippen molar-refractivity contribution in [2.45, 2.75) is 110 Å². The van der Waals surface area contributed by atoms with Crippen LogP contribution in [0.4, 0.5) is 0 Å². The number of hydrogen-bond donors (Lipinski definition) is 1. The summed E-state index contributed by atoms with van der Waals surface area (Å²) < 4.78 is 0. The molecule has 0 aromatic carbocycles. The van der Waals surface area contributed by atoms with Crippen molar-refractivity contribution in [3.05, 3.63) is 6.08 Å². The van der Waals surface area contributed by atoms with Gasteiger partial charge in [-0.25, -0.2) is 4.79 Å². The first kappa shape index (κ1) is 22.4. The van der Waals surface area contributed by atoms with E-state index in [0.29, 0.717) is 0 Å². The summed E-state index contributed by atoms with van der Waals surface area (Å²) in [7, 11) is 0. The lowest BCUT2D eigenvalue weighted by Crippen LogP contribution is -2.16. The molecule has 2 heteroatoms. The number of nitrogens with one attached hydrogen (secondary N) is 1. The Morgan fingerprint density at radius 3 is 1.57 bits per heavy atom. The van der Waals surface area contributed by atoms with Crippen LogP contribution in [-0.2, 0) is 4.79 Å². The third-order valence-corrected chi connectivity index (χ3v) is 4.49. The van der Waals surface area contributed by atoms with Crippen molar-refractivity contribution in [3.8, 4) is 0 Å². The quantitative estimate of drug-likeness (QED) is 0.226. The molecule has 0 saturated carbocycles. The summed E-state index contributed by atoms with van der Waals surface area (Å²) in [6, 6.07) is 0. The summed E-state index contributed by atoms with van der Waals surface area (Å²) in [5, 5.41) is 3.58. The van der Waals surface area contributed by atoms with E-state index in [-0.39, 0.29) is 0 Å². The van der Waals surface area contributed by atoms with E-state index in [1.165, 1.54) is 103 Å². The van der Waals surface area contributed by atoms with E-state index in [1.807, 2.05) is 5.94 Å². The zero-order chi connectivity index (χ0) is 16.8. The smallest absolute Gasteiger partial charge is 0.120 e. The summed E-state index contributed by atoms with van der Waals surface area (Å²) in [4.78, 5) is 10.0. The lowest BCUT2D eigenvalue weighted by atomic mass is 10.1. The Morgan fingerprint density at radius 1 is 0.652 bits per heavy atom. The van der Waals surface area contributed by atoms with Gasteiger partial charge < -0.3 is 5.32 Å². The molecule has 0 amide bonds. The molecule has 0 atom stereocenters. The highest BCUT2D eigenvalue weighted by Gasteiger charge is 1.94. The van der Waals surface area contributed by atoms with Crippen LogP contribution in [0, 0.1) is 0 Å². The molecule has 2 nitrogen and oxygen atoms in total. The summed E-state index contributed by atoms with van der Waals surface area (Å²) in [6.07, 6.45) is 22.9. The molecule has 0 spiro atoms. The Labute approximate surface area is 145 Å². The molecule has 23 heavy (non-hydrogen) atoms. The Bertz CT molecular complexity index is 259. The lowest BCUT2D eigenvalue weighted by molar-refractivity contribution is 0.533. The average molecular weight is 324 g/mol. The van der Waals surface area contributed by atoms with Crippen molar-refractivity contribution in [2.75, 3.05) is 13.1 Å². The Hall–Kier alpha value is -0.590. The predicted octanol–water partition coefficient (Wildman–Crippen LogP) is 6.23. The molecule has 0 bridgehead atoms. The van der Waals surface area contributed by atoms with Crippen molar-refractivity contribution in [1.29, 1.82) is 0 Å². The summed E-state index contributed by atoms with van der Waals surface area (Å²) in [6.45, 7) is 4.68. The van der Waals surface area contributed by atoms with Crippen molar-refractivity contribution in [2.24, 2.45) is 0 Å². The minimum absolute atomic E-state index is 0.909. The Kier molecular flexibility index (Phi) is 20.9. The topological polar surface area (TPSA) is 29.1 Å². The third-order valence-electron chi connectivity index (χ3n) is 4.49. The number of hydrogen-bond acceptors (Lipinski definition) is 2. The number of allylic oxidation sites excluding steroid dienone is 1. The minimum atomic E-state index is 0.909. The average Bonchev–Trinajstić information content (AvgIpc) is 2.57. The lowest BCUT2D eigenvalue weighted by Gasteiger charge is -2.05. The largest absolute Gasteiger partial charge is 0.317 e. The highest BCUT2D eigenvalue weighted by molar-refractivity contribution is 5.44. The normalized spacial score (nSPS) is 10.7. The van der Waals surface area contributed by atoms with E-state index >= 15 is 0 Å². The zero-order valence-corrected chi connectivity index (χ0v) is 15.7. The maximum atomic E-state index is 10.0. The van der Waals surface area contributed by atoms with Crippen LogP contribution in [0.15, 0.2) is 6.08 Å².